The molecule has 1 unspecified atom stereocenters. The minimum atomic E-state index is -4.02. The number of likely N-dealkylation sites (N-methyl/N-ethyl adjacent to an activating group) is 1. The van der Waals surface area contributed by atoms with Crippen LogP contribution in [0.15, 0.2) is 35.2 Å². The van der Waals surface area contributed by atoms with Crippen LogP contribution in [0.3, 0.4) is 0 Å². The van der Waals surface area contributed by atoms with Crippen LogP contribution >= 0.6 is 0 Å². The van der Waals surface area contributed by atoms with E-state index in [1.807, 2.05) is 0 Å². The van der Waals surface area contributed by atoms with Crippen LogP contribution in [0.25, 0.3) is 0 Å². The van der Waals surface area contributed by atoms with Crippen molar-refractivity contribution in [3.63, 3.8) is 0 Å². The van der Waals surface area contributed by atoms with Crippen LogP contribution in [0, 0.1) is 5.41 Å². The van der Waals surface area contributed by atoms with Crippen molar-refractivity contribution in [2.24, 2.45) is 5.41 Å². The summed E-state index contributed by atoms with van der Waals surface area (Å²) in [6.07, 6.45) is 0. The number of carbonyl (C=O) groups excluding carboxylic acids is 2. The number of nitrogens with one attached hydrogen (secondary N) is 1. The summed E-state index contributed by atoms with van der Waals surface area (Å²) in [6, 6.07) is 7.60. The molecule has 0 aliphatic carbocycles. The van der Waals surface area contributed by atoms with Gasteiger partial charge in [0.2, 0.25) is 21.1 Å². The maximum Gasteiger partial charge on any atom is 0.260 e. The standard InChI is InChI=1S/C15H22N2O4S/c1-15(2,3)14(19)16-12(13(18)17(4)5)22(20,21)11-9-7-6-8-10-11/h6-10,12H,1-5H3,(H,16,19). The molecule has 0 saturated carbocycles. The quantitative estimate of drug-likeness (QED) is 0.896. The van der Waals surface area contributed by atoms with Gasteiger partial charge in [-0.2, -0.15) is 0 Å². The molecule has 0 aromatic heterocycles. The van der Waals surface area contributed by atoms with Gasteiger partial charge < -0.3 is 10.2 Å². The molecular formula is C15H22N2O4S. The van der Waals surface area contributed by atoms with Crippen molar-refractivity contribution in [3.8, 4) is 0 Å². The van der Waals surface area contributed by atoms with Crippen molar-refractivity contribution in [2.75, 3.05) is 14.1 Å². The molecule has 0 radical (unpaired) electrons. The molecule has 1 aromatic carbocycles. The summed E-state index contributed by atoms with van der Waals surface area (Å²) in [5.74, 6) is -1.20. The summed E-state index contributed by atoms with van der Waals surface area (Å²) >= 11 is 0. The molecule has 0 aliphatic heterocycles. The Morgan fingerprint density at radius 2 is 1.59 bits per heavy atom. The first-order valence-corrected chi connectivity index (χ1v) is 8.33. The second kappa shape index (κ2) is 6.48. The Morgan fingerprint density at radius 3 is 2.00 bits per heavy atom. The summed E-state index contributed by atoms with van der Waals surface area (Å²) in [6.45, 7) is 4.94. The summed E-state index contributed by atoms with van der Waals surface area (Å²) in [7, 11) is -1.14. The second-order valence-electron chi connectivity index (χ2n) is 6.19. The summed E-state index contributed by atoms with van der Waals surface area (Å²) in [5, 5.41) is 0.717. The highest BCUT2D eigenvalue weighted by Gasteiger charge is 2.38. The van der Waals surface area contributed by atoms with Crippen molar-refractivity contribution in [3.05, 3.63) is 30.3 Å². The summed E-state index contributed by atoms with van der Waals surface area (Å²) in [4.78, 5) is 25.5. The van der Waals surface area contributed by atoms with E-state index in [2.05, 4.69) is 5.32 Å². The van der Waals surface area contributed by atoms with Crippen LogP contribution in [-0.2, 0) is 19.4 Å². The van der Waals surface area contributed by atoms with Gasteiger partial charge in [-0.15, -0.1) is 0 Å². The van der Waals surface area contributed by atoms with E-state index in [0.29, 0.717) is 0 Å². The molecule has 1 aromatic rings. The van der Waals surface area contributed by atoms with Gasteiger partial charge in [-0.3, -0.25) is 9.59 Å². The Balaban J connectivity index is 3.28. The fourth-order valence-corrected chi connectivity index (χ4v) is 3.14. The monoisotopic (exact) mass is 326 g/mol. The lowest BCUT2D eigenvalue weighted by Crippen LogP contribution is -2.53. The van der Waals surface area contributed by atoms with Gasteiger partial charge in [-0.1, -0.05) is 39.0 Å². The van der Waals surface area contributed by atoms with E-state index in [-0.39, 0.29) is 4.90 Å². The molecule has 1 atom stereocenters. The average molecular weight is 326 g/mol. The van der Waals surface area contributed by atoms with Gasteiger partial charge in [0.25, 0.3) is 5.91 Å². The molecule has 2 amide bonds. The first-order chi connectivity index (χ1) is 9.98. The second-order valence-corrected chi connectivity index (χ2v) is 8.23. The van der Waals surface area contributed by atoms with E-state index in [9.17, 15) is 18.0 Å². The number of benzene rings is 1. The lowest BCUT2D eigenvalue weighted by atomic mass is 9.96. The number of sulfone groups is 1. The number of amides is 2. The van der Waals surface area contributed by atoms with Crippen molar-refractivity contribution in [1.29, 1.82) is 0 Å². The smallest absolute Gasteiger partial charge is 0.260 e. The number of rotatable bonds is 4. The third-order valence-corrected chi connectivity index (χ3v) is 4.86. The largest absolute Gasteiger partial charge is 0.346 e. The number of nitrogens with zero attached hydrogens (tertiary/aromatic N) is 1. The molecule has 6 nitrogen and oxygen atoms in total. The molecule has 1 N–H and O–H groups in total. The number of carbonyl (C=O) groups is 2. The van der Waals surface area contributed by atoms with Crippen molar-refractivity contribution >= 4 is 21.7 Å². The van der Waals surface area contributed by atoms with E-state index < -0.39 is 32.4 Å². The molecule has 0 bridgehead atoms. The molecule has 0 aliphatic rings. The maximum atomic E-state index is 12.7. The van der Waals surface area contributed by atoms with Gasteiger partial charge in [-0.25, -0.2) is 8.42 Å². The third kappa shape index (κ3) is 4.07. The zero-order valence-electron chi connectivity index (χ0n) is 13.5. The van der Waals surface area contributed by atoms with Crippen molar-refractivity contribution in [2.45, 2.75) is 31.0 Å². The molecule has 122 valence electrons. The topological polar surface area (TPSA) is 83.6 Å². The van der Waals surface area contributed by atoms with Crippen LogP contribution in [0.2, 0.25) is 0 Å². The summed E-state index contributed by atoms with van der Waals surface area (Å²) in [5.41, 5.74) is -0.808. The first kappa shape index (κ1) is 18.2. The minimum absolute atomic E-state index is 0.00981. The normalized spacial score (nSPS) is 13.3. The predicted octanol–water partition coefficient (Wildman–Crippen LogP) is 1.04. The van der Waals surface area contributed by atoms with Crippen LogP contribution in [0.4, 0.5) is 0 Å². The Morgan fingerprint density at radius 1 is 1.09 bits per heavy atom. The fraction of sp³-hybridized carbons (Fsp3) is 0.467. The highest BCUT2D eigenvalue weighted by molar-refractivity contribution is 7.92. The molecule has 22 heavy (non-hydrogen) atoms. The van der Waals surface area contributed by atoms with Gasteiger partial charge in [-0.05, 0) is 12.1 Å². The minimum Gasteiger partial charge on any atom is -0.346 e. The predicted molar refractivity (Wildman–Crippen MR) is 83.7 cm³/mol. The van der Waals surface area contributed by atoms with E-state index >= 15 is 0 Å². The highest BCUT2D eigenvalue weighted by Crippen LogP contribution is 2.19. The third-order valence-electron chi connectivity index (χ3n) is 2.99. The molecule has 0 heterocycles. The van der Waals surface area contributed by atoms with Crippen LogP contribution < -0.4 is 5.32 Å². The zero-order valence-corrected chi connectivity index (χ0v) is 14.3. The fourth-order valence-electron chi connectivity index (χ4n) is 1.59. The molecule has 0 fully saturated rings. The van der Waals surface area contributed by atoms with Gasteiger partial charge in [0.15, 0.2) is 0 Å². The molecule has 1 rings (SSSR count). The Bertz CT molecular complexity index is 646. The molecular weight excluding hydrogens is 304 g/mol. The van der Waals surface area contributed by atoms with Gasteiger partial charge >= 0.3 is 0 Å². The first-order valence-electron chi connectivity index (χ1n) is 6.79. The maximum absolute atomic E-state index is 12.7. The SMILES string of the molecule is CN(C)C(=O)C(NC(=O)C(C)(C)C)S(=O)(=O)c1ccccc1. The van der Waals surface area contributed by atoms with Gasteiger partial charge in [0.1, 0.15) is 0 Å². The van der Waals surface area contributed by atoms with Crippen LogP contribution in [0.1, 0.15) is 20.8 Å². The molecule has 0 saturated heterocycles. The van der Waals surface area contributed by atoms with Gasteiger partial charge in [0.05, 0.1) is 4.90 Å². The van der Waals surface area contributed by atoms with Crippen LogP contribution in [0.5, 0.6) is 0 Å². The zero-order chi connectivity index (χ0) is 17.1. The van der Waals surface area contributed by atoms with E-state index in [0.717, 1.165) is 4.90 Å². The Hall–Kier alpha value is -1.89. The van der Waals surface area contributed by atoms with E-state index in [1.54, 1.807) is 39.0 Å². The van der Waals surface area contributed by atoms with Crippen LogP contribution in [-0.4, -0.2) is 44.6 Å². The summed E-state index contributed by atoms with van der Waals surface area (Å²) < 4.78 is 25.4. The van der Waals surface area contributed by atoms with Gasteiger partial charge in [0, 0.05) is 19.5 Å². The van der Waals surface area contributed by atoms with Crippen molar-refractivity contribution in [1.82, 2.24) is 10.2 Å². The number of hydrogen-bond donors (Lipinski definition) is 1. The highest BCUT2D eigenvalue weighted by atomic mass is 32.2. The Labute approximate surface area is 131 Å². The average Bonchev–Trinajstić information content (AvgIpc) is 2.43. The van der Waals surface area contributed by atoms with E-state index in [1.165, 1.54) is 26.2 Å². The number of hydrogen-bond acceptors (Lipinski definition) is 4. The van der Waals surface area contributed by atoms with E-state index in [4.69, 9.17) is 0 Å². The molecule has 7 heteroatoms. The molecule has 0 spiro atoms. The van der Waals surface area contributed by atoms with Crippen molar-refractivity contribution < 1.29 is 18.0 Å². The Kier molecular flexibility index (Phi) is 5.35. The lowest BCUT2D eigenvalue weighted by molar-refractivity contribution is -0.135. The lowest BCUT2D eigenvalue weighted by Gasteiger charge is -2.25.